The number of hydrogen-bond acceptors (Lipinski definition) is 3. The molecule has 0 unspecified atom stereocenters. The Morgan fingerprint density at radius 2 is 1.65 bits per heavy atom. The number of hydrogen-bond donors (Lipinski definition) is 1. The van der Waals surface area contributed by atoms with Crippen molar-refractivity contribution in [3.05, 3.63) is 0 Å². The predicted octanol–water partition coefficient (Wildman–Crippen LogP) is 0.0652. The Kier molecular flexibility index (Phi) is 4.51. The van der Waals surface area contributed by atoms with Gasteiger partial charge in [-0.1, -0.05) is 0 Å². The summed E-state index contributed by atoms with van der Waals surface area (Å²) in [6.07, 6.45) is 0. The Morgan fingerprint density at radius 3 is 2.06 bits per heavy atom. The Morgan fingerprint density at radius 1 is 1.12 bits per heavy atom. The maximum atomic E-state index is 11.7. The Hall–Kier alpha value is -1.10. The molecule has 0 bridgehead atoms. The first-order valence-corrected chi connectivity index (χ1v) is 6.07. The van der Waals surface area contributed by atoms with Crippen LogP contribution in [-0.2, 0) is 9.59 Å². The quantitative estimate of drug-likeness (QED) is 0.744. The molecular formula is C12H23N3O2. The molecule has 5 nitrogen and oxygen atoms in total. The van der Waals surface area contributed by atoms with Crippen LogP contribution in [0.2, 0.25) is 0 Å². The Bertz CT molecular complexity index is 289. The van der Waals surface area contributed by atoms with Gasteiger partial charge in [-0.05, 0) is 20.8 Å². The van der Waals surface area contributed by atoms with Crippen molar-refractivity contribution in [2.75, 3.05) is 32.7 Å². The van der Waals surface area contributed by atoms with E-state index >= 15 is 0 Å². The summed E-state index contributed by atoms with van der Waals surface area (Å²) < 4.78 is 0. The van der Waals surface area contributed by atoms with Gasteiger partial charge in [-0.2, -0.15) is 0 Å². The van der Waals surface area contributed by atoms with E-state index in [1.807, 2.05) is 25.7 Å². The van der Waals surface area contributed by atoms with E-state index in [4.69, 9.17) is 0 Å². The van der Waals surface area contributed by atoms with E-state index in [-0.39, 0.29) is 17.4 Å². The molecule has 0 aliphatic carbocycles. The van der Waals surface area contributed by atoms with Gasteiger partial charge in [-0.15, -0.1) is 0 Å². The van der Waals surface area contributed by atoms with E-state index in [2.05, 4.69) is 10.2 Å². The molecule has 0 saturated carbocycles. The molecule has 1 fully saturated rings. The van der Waals surface area contributed by atoms with Crippen LogP contribution in [-0.4, -0.2) is 59.9 Å². The summed E-state index contributed by atoms with van der Waals surface area (Å²) in [7, 11) is 0. The van der Waals surface area contributed by atoms with E-state index < -0.39 is 0 Å². The molecule has 0 aromatic rings. The van der Waals surface area contributed by atoms with E-state index in [0.717, 1.165) is 26.2 Å². The molecule has 0 atom stereocenters. The van der Waals surface area contributed by atoms with Crippen molar-refractivity contribution in [1.82, 2.24) is 15.1 Å². The number of carbonyl (C=O) groups excluding carboxylic acids is 2. The second-order valence-corrected chi connectivity index (χ2v) is 5.58. The smallest absolute Gasteiger partial charge is 0.234 e. The maximum Gasteiger partial charge on any atom is 0.234 e. The summed E-state index contributed by atoms with van der Waals surface area (Å²) in [5.74, 6) is 0.164. The molecule has 98 valence electrons. The van der Waals surface area contributed by atoms with Gasteiger partial charge in [-0.25, -0.2) is 0 Å². The van der Waals surface area contributed by atoms with Crippen LogP contribution >= 0.6 is 0 Å². The summed E-state index contributed by atoms with van der Waals surface area (Å²) in [5.41, 5.74) is -0.182. The molecule has 1 aliphatic heterocycles. The molecule has 1 rings (SSSR count). The molecule has 0 aromatic heterocycles. The summed E-state index contributed by atoms with van der Waals surface area (Å²) in [4.78, 5) is 26.8. The Labute approximate surface area is 103 Å². The van der Waals surface area contributed by atoms with Gasteiger partial charge in [0.1, 0.15) is 0 Å². The third-order valence-corrected chi connectivity index (χ3v) is 2.70. The van der Waals surface area contributed by atoms with Gasteiger partial charge >= 0.3 is 0 Å². The van der Waals surface area contributed by atoms with E-state index in [0.29, 0.717) is 6.54 Å². The topological polar surface area (TPSA) is 52.7 Å². The normalized spacial score (nSPS) is 18.0. The first kappa shape index (κ1) is 14.0. The van der Waals surface area contributed by atoms with E-state index in [1.54, 1.807) is 6.92 Å². The number of nitrogens with one attached hydrogen (secondary N) is 1. The van der Waals surface area contributed by atoms with Crippen LogP contribution in [0.4, 0.5) is 0 Å². The summed E-state index contributed by atoms with van der Waals surface area (Å²) in [6, 6.07) is 0. The first-order chi connectivity index (χ1) is 7.78. The van der Waals surface area contributed by atoms with Crippen LogP contribution in [0, 0.1) is 0 Å². The van der Waals surface area contributed by atoms with Crippen molar-refractivity contribution < 1.29 is 9.59 Å². The number of nitrogens with zero attached hydrogens (tertiary/aromatic N) is 2. The van der Waals surface area contributed by atoms with Gasteiger partial charge in [-0.3, -0.25) is 14.5 Å². The zero-order valence-corrected chi connectivity index (χ0v) is 11.2. The van der Waals surface area contributed by atoms with Crippen molar-refractivity contribution in [3.63, 3.8) is 0 Å². The van der Waals surface area contributed by atoms with Crippen LogP contribution in [0.1, 0.15) is 27.7 Å². The summed E-state index contributed by atoms with van der Waals surface area (Å²) >= 11 is 0. The van der Waals surface area contributed by atoms with Crippen LogP contribution in [0.15, 0.2) is 0 Å². The zero-order valence-electron chi connectivity index (χ0n) is 11.2. The molecule has 2 amide bonds. The molecule has 1 aliphatic rings. The first-order valence-electron chi connectivity index (χ1n) is 6.07. The minimum Gasteiger partial charge on any atom is -0.350 e. The lowest BCUT2D eigenvalue weighted by Gasteiger charge is -2.34. The van der Waals surface area contributed by atoms with Gasteiger partial charge in [0, 0.05) is 38.6 Å². The highest BCUT2D eigenvalue weighted by Crippen LogP contribution is 2.03. The summed E-state index contributed by atoms with van der Waals surface area (Å²) in [5, 5.41) is 2.94. The lowest BCUT2D eigenvalue weighted by molar-refractivity contribution is -0.131. The number of piperazine rings is 1. The molecule has 1 N–H and O–H groups in total. The van der Waals surface area contributed by atoms with Gasteiger partial charge in [0.05, 0.1) is 6.54 Å². The summed E-state index contributed by atoms with van der Waals surface area (Å²) in [6.45, 7) is 10.9. The molecule has 1 saturated heterocycles. The van der Waals surface area contributed by atoms with Gasteiger partial charge in [0.25, 0.3) is 0 Å². The fourth-order valence-electron chi connectivity index (χ4n) is 1.88. The predicted molar refractivity (Wildman–Crippen MR) is 66.6 cm³/mol. The molecule has 0 aromatic carbocycles. The van der Waals surface area contributed by atoms with Crippen molar-refractivity contribution in [3.8, 4) is 0 Å². The highest BCUT2D eigenvalue weighted by Gasteiger charge is 2.21. The highest BCUT2D eigenvalue weighted by molar-refractivity contribution is 5.78. The van der Waals surface area contributed by atoms with E-state index in [9.17, 15) is 9.59 Å². The van der Waals surface area contributed by atoms with Crippen LogP contribution < -0.4 is 5.32 Å². The standard InChI is InChI=1S/C12H23N3O2/c1-10(16)15-7-5-14(6-8-15)9-11(17)13-12(2,3)4/h5-9H2,1-4H3,(H,13,17). The minimum atomic E-state index is -0.182. The Balaban J connectivity index is 2.31. The van der Waals surface area contributed by atoms with Crippen molar-refractivity contribution in [2.24, 2.45) is 0 Å². The third kappa shape index (κ3) is 5.17. The fourth-order valence-corrected chi connectivity index (χ4v) is 1.88. The molecule has 0 spiro atoms. The molecule has 5 heteroatoms. The average Bonchev–Trinajstić information content (AvgIpc) is 2.15. The third-order valence-electron chi connectivity index (χ3n) is 2.70. The van der Waals surface area contributed by atoms with E-state index in [1.165, 1.54) is 0 Å². The van der Waals surface area contributed by atoms with Crippen LogP contribution in [0.3, 0.4) is 0 Å². The second-order valence-electron chi connectivity index (χ2n) is 5.58. The highest BCUT2D eigenvalue weighted by atomic mass is 16.2. The van der Waals surface area contributed by atoms with Gasteiger partial charge < -0.3 is 10.2 Å². The minimum absolute atomic E-state index is 0.0498. The van der Waals surface area contributed by atoms with Crippen LogP contribution in [0.5, 0.6) is 0 Å². The molecule has 0 radical (unpaired) electrons. The fraction of sp³-hybridized carbons (Fsp3) is 0.833. The molecule has 17 heavy (non-hydrogen) atoms. The number of amides is 2. The number of rotatable bonds is 2. The monoisotopic (exact) mass is 241 g/mol. The van der Waals surface area contributed by atoms with Crippen molar-refractivity contribution in [2.45, 2.75) is 33.2 Å². The van der Waals surface area contributed by atoms with Crippen molar-refractivity contribution >= 4 is 11.8 Å². The number of carbonyl (C=O) groups is 2. The second kappa shape index (κ2) is 5.49. The van der Waals surface area contributed by atoms with Gasteiger partial charge in [0.2, 0.25) is 11.8 Å². The lowest BCUT2D eigenvalue weighted by Crippen LogP contribution is -2.52. The maximum absolute atomic E-state index is 11.7. The average molecular weight is 241 g/mol. The van der Waals surface area contributed by atoms with Gasteiger partial charge in [0.15, 0.2) is 0 Å². The zero-order chi connectivity index (χ0) is 13.1. The SMILES string of the molecule is CC(=O)N1CCN(CC(=O)NC(C)(C)C)CC1. The molecule has 1 heterocycles. The lowest BCUT2D eigenvalue weighted by atomic mass is 10.1. The largest absolute Gasteiger partial charge is 0.350 e. The molecular weight excluding hydrogens is 218 g/mol. The van der Waals surface area contributed by atoms with Crippen molar-refractivity contribution in [1.29, 1.82) is 0 Å². The van der Waals surface area contributed by atoms with Crippen LogP contribution in [0.25, 0.3) is 0 Å².